The molecule has 0 bridgehead atoms. The number of benzene rings is 3. The zero-order valence-corrected chi connectivity index (χ0v) is 14.4. The van der Waals surface area contributed by atoms with Crippen LogP contribution in [0.1, 0.15) is 0 Å². The zero-order valence-electron chi connectivity index (χ0n) is 12.8. The number of halogens is 1. The third-order valence-electron chi connectivity index (χ3n) is 3.44. The van der Waals surface area contributed by atoms with Crippen molar-refractivity contribution in [1.29, 1.82) is 0 Å². The Bertz CT molecular complexity index is 835. The van der Waals surface area contributed by atoms with Gasteiger partial charge in [-0.3, -0.25) is 4.90 Å². The van der Waals surface area contributed by atoms with E-state index < -0.39 is 0 Å². The molecule has 3 rings (SSSR count). The van der Waals surface area contributed by atoms with Crippen LogP contribution in [0.25, 0.3) is 0 Å². The Kier molecular flexibility index (Phi) is 4.82. The van der Waals surface area contributed by atoms with Crippen LogP contribution >= 0.6 is 15.9 Å². The molecule has 0 saturated carbocycles. The minimum absolute atomic E-state index is 0.246. The van der Waals surface area contributed by atoms with E-state index >= 15 is 0 Å². The maximum atomic E-state index is 12.9. The predicted molar refractivity (Wildman–Crippen MR) is 103 cm³/mol. The molecule has 3 aromatic rings. The Labute approximate surface area is 149 Å². The molecule has 0 radical (unpaired) electrons. The van der Waals surface area contributed by atoms with Crippen LogP contribution in [0.5, 0.6) is 0 Å². The van der Waals surface area contributed by atoms with Gasteiger partial charge in [-0.15, -0.1) is 0 Å². The van der Waals surface area contributed by atoms with Crippen molar-refractivity contribution in [2.45, 2.75) is 0 Å². The molecule has 24 heavy (non-hydrogen) atoms. The number of urea groups is 1. The van der Waals surface area contributed by atoms with Crippen LogP contribution in [0.15, 0.2) is 83.3 Å². The molecular weight excluding hydrogens is 366 g/mol. The maximum Gasteiger partial charge on any atom is 0.330 e. The van der Waals surface area contributed by atoms with E-state index in [-0.39, 0.29) is 6.03 Å². The van der Waals surface area contributed by atoms with Gasteiger partial charge in [0.1, 0.15) is 0 Å². The molecule has 0 heterocycles. The highest BCUT2D eigenvalue weighted by molar-refractivity contribution is 9.10. The van der Waals surface area contributed by atoms with E-state index in [0.717, 1.165) is 15.8 Å². The average molecular weight is 382 g/mol. The molecule has 120 valence electrons. The highest BCUT2D eigenvalue weighted by Crippen LogP contribution is 2.27. The fourth-order valence-electron chi connectivity index (χ4n) is 2.33. The SMILES string of the molecule is Nc1ccc(N(C(=O)Nc2cccc(Br)c2)c2ccccc2)cc1. The first kappa shape index (κ1) is 16.1. The normalized spacial score (nSPS) is 10.2. The van der Waals surface area contributed by atoms with Gasteiger partial charge >= 0.3 is 6.03 Å². The molecule has 0 aliphatic heterocycles. The van der Waals surface area contributed by atoms with Crippen molar-refractivity contribution in [3.05, 3.63) is 83.3 Å². The molecule has 0 unspecified atom stereocenters. The number of rotatable bonds is 3. The number of nitrogen functional groups attached to an aromatic ring is 1. The number of nitrogens with one attached hydrogen (secondary N) is 1. The lowest BCUT2D eigenvalue weighted by atomic mass is 10.2. The monoisotopic (exact) mass is 381 g/mol. The summed E-state index contributed by atoms with van der Waals surface area (Å²) in [6.45, 7) is 0. The summed E-state index contributed by atoms with van der Waals surface area (Å²) in [5.74, 6) is 0. The summed E-state index contributed by atoms with van der Waals surface area (Å²) in [6.07, 6.45) is 0. The molecule has 0 atom stereocenters. The van der Waals surface area contributed by atoms with Crippen LogP contribution in [0.3, 0.4) is 0 Å². The van der Waals surface area contributed by atoms with Crippen LogP contribution < -0.4 is 16.0 Å². The molecule has 0 aliphatic rings. The van der Waals surface area contributed by atoms with Crippen molar-refractivity contribution >= 4 is 44.7 Å². The van der Waals surface area contributed by atoms with Crippen LogP contribution in [0, 0.1) is 0 Å². The molecule has 5 heteroatoms. The summed E-state index contributed by atoms with van der Waals surface area (Å²) >= 11 is 3.41. The second kappa shape index (κ2) is 7.19. The molecule has 0 fully saturated rings. The van der Waals surface area contributed by atoms with E-state index in [1.807, 2.05) is 66.7 Å². The molecule has 3 N–H and O–H groups in total. The number of hydrogen-bond donors (Lipinski definition) is 2. The molecular formula is C19H16BrN3O. The Morgan fingerprint density at radius 1 is 0.875 bits per heavy atom. The minimum Gasteiger partial charge on any atom is -0.399 e. The van der Waals surface area contributed by atoms with Crippen molar-refractivity contribution in [2.24, 2.45) is 0 Å². The Morgan fingerprint density at radius 3 is 2.21 bits per heavy atom. The number of nitrogens with zero attached hydrogens (tertiary/aromatic N) is 1. The van der Waals surface area contributed by atoms with Crippen LogP contribution in [-0.4, -0.2) is 6.03 Å². The lowest BCUT2D eigenvalue weighted by Gasteiger charge is -2.23. The predicted octanol–water partition coefficient (Wildman–Crippen LogP) is 5.40. The smallest absolute Gasteiger partial charge is 0.330 e. The molecule has 0 saturated heterocycles. The van der Waals surface area contributed by atoms with Crippen molar-refractivity contribution in [3.8, 4) is 0 Å². The molecule has 0 aromatic heterocycles. The maximum absolute atomic E-state index is 12.9. The largest absolute Gasteiger partial charge is 0.399 e. The third-order valence-corrected chi connectivity index (χ3v) is 3.94. The Morgan fingerprint density at radius 2 is 1.54 bits per heavy atom. The average Bonchev–Trinajstić information content (AvgIpc) is 2.58. The van der Waals surface area contributed by atoms with Gasteiger partial charge in [0.15, 0.2) is 0 Å². The molecule has 0 aliphatic carbocycles. The summed E-state index contributed by atoms with van der Waals surface area (Å²) in [5.41, 5.74) is 8.63. The second-order valence-electron chi connectivity index (χ2n) is 5.20. The number of amides is 2. The van der Waals surface area contributed by atoms with Gasteiger partial charge in [0.2, 0.25) is 0 Å². The van der Waals surface area contributed by atoms with Crippen molar-refractivity contribution < 1.29 is 4.79 Å². The summed E-state index contributed by atoms with van der Waals surface area (Å²) < 4.78 is 0.902. The molecule has 4 nitrogen and oxygen atoms in total. The van der Waals surface area contributed by atoms with E-state index in [2.05, 4.69) is 21.2 Å². The second-order valence-corrected chi connectivity index (χ2v) is 6.12. The number of para-hydroxylation sites is 1. The Balaban J connectivity index is 1.95. The van der Waals surface area contributed by atoms with E-state index in [9.17, 15) is 4.79 Å². The quantitative estimate of drug-likeness (QED) is 0.596. The van der Waals surface area contributed by atoms with Crippen molar-refractivity contribution in [1.82, 2.24) is 0 Å². The first-order valence-corrected chi connectivity index (χ1v) is 8.20. The zero-order chi connectivity index (χ0) is 16.9. The van der Waals surface area contributed by atoms with E-state index in [1.165, 1.54) is 0 Å². The fourth-order valence-corrected chi connectivity index (χ4v) is 2.73. The number of carbonyl (C=O) groups excluding carboxylic acids is 1. The number of hydrogen-bond acceptors (Lipinski definition) is 2. The standard InChI is InChI=1S/C19H16BrN3O/c20-14-5-4-6-16(13-14)22-19(24)23(17-7-2-1-3-8-17)18-11-9-15(21)10-12-18/h1-13H,21H2,(H,22,24). The summed E-state index contributed by atoms with van der Waals surface area (Å²) in [4.78, 5) is 14.5. The van der Waals surface area contributed by atoms with Gasteiger partial charge in [-0.1, -0.05) is 40.2 Å². The van der Waals surface area contributed by atoms with E-state index in [1.54, 1.807) is 17.0 Å². The van der Waals surface area contributed by atoms with Gasteiger partial charge in [0.05, 0.1) is 11.4 Å². The molecule has 3 aromatic carbocycles. The lowest BCUT2D eigenvalue weighted by Crippen LogP contribution is -2.30. The topological polar surface area (TPSA) is 58.4 Å². The minimum atomic E-state index is -0.246. The van der Waals surface area contributed by atoms with Gasteiger partial charge in [-0.25, -0.2) is 4.79 Å². The van der Waals surface area contributed by atoms with Gasteiger partial charge in [0, 0.05) is 15.8 Å². The Hall–Kier alpha value is -2.79. The first-order valence-electron chi connectivity index (χ1n) is 7.41. The number of carbonyl (C=O) groups is 1. The highest BCUT2D eigenvalue weighted by Gasteiger charge is 2.18. The molecule has 0 spiro atoms. The van der Waals surface area contributed by atoms with Crippen LogP contribution in [-0.2, 0) is 0 Å². The third kappa shape index (κ3) is 3.75. The van der Waals surface area contributed by atoms with E-state index in [0.29, 0.717) is 11.4 Å². The highest BCUT2D eigenvalue weighted by atomic mass is 79.9. The number of nitrogens with two attached hydrogens (primary N) is 1. The van der Waals surface area contributed by atoms with Gasteiger partial charge in [-0.2, -0.15) is 0 Å². The fraction of sp³-hybridized carbons (Fsp3) is 0. The summed E-state index contributed by atoms with van der Waals surface area (Å²) in [7, 11) is 0. The van der Waals surface area contributed by atoms with Gasteiger partial charge in [0.25, 0.3) is 0 Å². The van der Waals surface area contributed by atoms with E-state index in [4.69, 9.17) is 5.73 Å². The summed E-state index contributed by atoms with van der Waals surface area (Å²) in [6, 6.07) is 23.9. The lowest BCUT2D eigenvalue weighted by molar-refractivity contribution is 0.259. The summed E-state index contributed by atoms with van der Waals surface area (Å²) in [5, 5.41) is 2.92. The van der Waals surface area contributed by atoms with Crippen molar-refractivity contribution in [2.75, 3.05) is 16.0 Å². The van der Waals surface area contributed by atoms with Crippen LogP contribution in [0.4, 0.5) is 27.5 Å². The first-order chi connectivity index (χ1) is 11.6. The van der Waals surface area contributed by atoms with Crippen LogP contribution in [0.2, 0.25) is 0 Å². The van der Waals surface area contributed by atoms with Gasteiger partial charge in [-0.05, 0) is 54.6 Å². The van der Waals surface area contributed by atoms with Gasteiger partial charge < -0.3 is 11.1 Å². The number of anilines is 4. The van der Waals surface area contributed by atoms with Crippen molar-refractivity contribution in [3.63, 3.8) is 0 Å². The molecule has 2 amide bonds.